The number of nitrogens with zero attached hydrogens (tertiary/aromatic N) is 2. The summed E-state index contributed by atoms with van der Waals surface area (Å²) < 4.78 is 2.02. The molecule has 0 aliphatic carbocycles. The smallest absolute Gasteiger partial charge is 0.109 e. The van der Waals surface area contributed by atoms with E-state index in [-0.39, 0.29) is 6.04 Å². The first-order chi connectivity index (χ1) is 8.15. The molecule has 0 fully saturated rings. The van der Waals surface area contributed by atoms with Gasteiger partial charge in [0.1, 0.15) is 5.82 Å². The van der Waals surface area contributed by atoms with Gasteiger partial charge in [0.05, 0.1) is 0 Å². The Kier molecular flexibility index (Phi) is 3.59. The summed E-state index contributed by atoms with van der Waals surface area (Å²) in [7, 11) is 2.00. The monoisotopic (exact) mass is 229 g/mol. The Bertz CT molecular complexity index is 488. The van der Waals surface area contributed by atoms with Crippen LogP contribution in [0.4, 0.5) is 0 Å². The van der Waals surface area contributed by atoms with Crippen LogP contribution >= 0.6 is 0 Å². The van der Waals surface area contributed by atoms with Crippen LogP contribution in [0.2, 0.25) is 0 Å². The number of hydrogen-bond acceptors (Lipinski definition) is 2. The molecule has 17 heavy (non-hydrogen) atoms. The summed E-state index contributed by atoms with van der Waals surface area (Å²) in [4.78, 5) is 4.30. The van der Waals surface area contributed by atoms with Crippen molar-refractivity contribution < 1.29 is 0 Å². The van der Waals surface area contributed by atoms with E-state index in [1.165, 1.54) is 11.1 Å². The Morgan fingerprint density at radius 1 is 1.35 bits per heavy atom. The minimum Gasteiger partial charge on any atom is -0.338 e. The fourth-order valence-electron chi connectivity index (χ4n) is 2.04. The van der Waals surface area contributed by atoms with Crippen LogP contribution in [-0.2, 0) is 19.9 Å². The van der Waals surface area contributed by atoms with Gasteiger partial charge in [0.15, 0.2) is 0 Å². The molecule has 2 rings (SSSR count). The molecule has 3 heteroatoms. The third-order valence-electron chi connectivity index (χ3n) is 2.95. The van der Waals surface area contributed by atoms with E-state index in [0.717, 1.165) is 18.7 Å². The van der Waals surface area contributed by atoms with E-state index in [9.17, 15) is 0 Å². The highest BCUT2D eigenvalue weighted by Crippen LogP contribution is 2.08. The predicted octanol–water partition coefficient (Wildman–Crippen LogP) is 1.84. The second-order valence-corrected chi connectivity index (χ2v) is 4.61. The van der Waals surface area contributed by atoms with Crippen LogP contribution in [0, 0.1) is 6.92 Å². The first-order valence-corrected chi connectivity index (χ1v) is 5.92. The van der Waals surface area contributed by atoms with E-state index >= 15 is 0 Å². The lowest BCUT2D eigenvalue weighted by molar-refractivity contribution is 0.622. The van der Waals surface area contributed by atoms with E-state index in [0.29, 0.717) is 0 Å². The van der Waals surface area contributed by atoms with Crippen LogP contribution in [0.25, 0.3) is 0 Å². The van der Waals surface area contributed by atoms with Gasteiger partial charge in [-0.1, -0.05) is 29.8 Å². The molecule has 0 bridgehead atoms. The summed E-state index contributed by atoms with van der Waals surface area (Å²) in [5.74, 6) is 1.05. The Morgan fingerprint density at radius 2 is 2.18 bits per heavy atom. The first kappa shape index (κ1) is 11.9. The number of nitrogens with two attached hydrogens (primary N) is 1. The molecule has 0 amide bonds. The van der Waals surface area contributed by atoms with Gasteiger partial charge in [0.25, 0.3) is 0 Å². The molecule has 3 nitrogen and oxygen atoms in total. The van der Waals surface area contributed by atoms with Crippen molar-refractivity contribution in [2.24, 2.45) is 12.8 Å². The molecule has 1 atom stereocenters. The Labute approximate surface area is 102 Å². The molecule has 0 spiro atoms. The highest BCUT2D eigenvalue weighted by atomic mass is 15.0. The van der Waals surface area contributed by atoms with Crippen LogP contribution in [0.1, 0.15) is 17.0 Å². The summed E-state index contributed by atoms with van der Waals surface area (Å²) in [5.41, 5.74) is 8.74. The number of imidazole rings is 1. The standard InChI is InChI=1S/C14H19N3/c1-11-4-3-5-12(8-11)9-13(15)10-14-16-6-7-17(14)2/h3-8,13H,9-10,15H2,1-2H3. The SMILES string of the molecule is Cc1cccc(CC(N)Cc2nccn2C)c1. The summed E-state index contributed by atoms with van der Waals surface area (Å²) >= 11 is 0. The zero-order valence-electron chi connectivity index (χ0n) is 10.4. The van der Waals surface area contributed by atoms with Crippen LogP contribution in [-0.4, -0.2) is 15.6 Å². The molecule has 1 unspecified atom stereocenters. The molecule has 1 aromatic heterocycles. The van der Waals surface area contributed by atoms with Crippen molar-refractivity contribution in [2.75, 3.05) is 0 Å². The molecule has 0 saturated carbocycles. The Balaban J connectivity index is 1.98. The zero-order chi connectivity index (χ0) is 12.3. The summed E-state index contributed by atoms with van der Waals surface area (Å²) in [6.07, 6.45) is 5.48. The van der Waals surface area contributed by atoms with E-state index in [2.05, 4.69) is 36.2 Å². The quantitative estimate of drug-likeness (QED) is 0.869. The van der Waals surface area contributed by atoms with E-state index in [4.69, 9.17) is 5.73 Å². The Hall–Kier alpha value is -1.61. The van der Waals surface area contributed by atoms with Crippen LogP contribution in [0.3, 0.4) is 0 Å². The highest BCUT2D eigenvalue weighted by molar-refractivity contribution is 5.23. The highest BCUT2D eigenvalue weighted by Gasteiger charge is 2.08. The molecule has 0 saturated heterocycles. The van der Waals surface area contributed by atoms with Gasteiger partial charge in [-0.3, -0.25) is 0 Å². The minimum absolute atomic E-state index is 0.123. The maximum atomic E-state index is 6.16. The lowest BCUT2D eigenvalue weighted by Crippen LogP contribution is -2.26. The molecule has 0 aliphatic rings. The molecule has 1 heterocycles. The van der Waals surface area contributed by atoms with Gasteiger partial charge in [-0.05, 0) is 18.9 Å². The van der Waals surface area contributed by atoms with Crippen molar-refractivity contribution in [2.45, 2.75) is 25.8 Å². The van der Waals surface area contributed by atoms with Gasteiger partial charge in [0, 0.05) is 31.9 Å². The largest absolute Gasteiger partial charge is 0.338 e. The van der Waals surface area contributed by atoms with Crippen molar-refractivity contribution in [3.8, 4) is 0 Å². The average molecular weight is 229 g/mol. The predicted molar refractivity (Wildman–Crippen MR) is 69.8 cm³/mol. The molecule has 2 aromatic rings. The van der Waals surface area contributed by atoms with Crippen molar-refractivity contribution in [3.05, 3.63) is 53.6 Å². The number of rotatable bonds is 4. The topological polar surface area (TPSA) is 43.8 Å². The number of aromatic nitrogens is 2. The molecule has 0 aliphatic heterocycles. The van der Waals surface area contributed by atoms with E-state index in [1.807, 2.05) is 24.0 Å². The molecule has 1 aromatic carbocycles. The first-order valence-electron chi connectivity index (χ1n) is 5.92. The van der Waals surface area contributed by atoms with Gasteiger partial charge >= 0.3 is 0 Å². The number of hydrogen-bond donors (Lipinski definition) is 1. The number of aryl methyl sites for hydroxylation is 2. The normalized spacial score (nSPS) is 12.6. The molecule has 2 N–H and O–H groups in total. The second kappa shape index (κ2) is 5.15. The lowest BCUT2D eigenvalue weighted by atomic mass is 10.0. The van der Waals surface area contributed by atoms with Crippen molar-refractivity contribution in [1.29, 1.82) is 0 Å². The summed E-state index contributed by atoms with van der Waals surface area (Å²) in [5, 5.41) is 0. The fraction of sp³-hybridized carbons (Fsp3) is 0.357. The summed E-state index contributed by atoms with van der Waals surface area (Å²) in [6, 6.07) is 8.63. The van der Waals surface area contributed by atoms with Gasteiger partial charge in [-0.15, -0.1) is 0 Å². The lowest BCUT2D eigenvalue weighted by Gasteiger charge is -2.12. The molecular formula is C14H19N3. The minimum atomic E-state index is 0.123. The third kappa shape index (κ3) is 3.17. The van der Waals surface area contributed by atoms with Crippen LogP contribution in [0.5, 0.6) is 0 Å². The maximum absolute atomic E-state index is 6.16. The van der Waals surface area contributed by atoms with Gasteiger partial charge < -0.3 is 10.3 Å². The van der Waals surface area contributed by atoms with Crippen molar-refractivity contribution in [3.63, 3.8) is 0 Å². The second-order valence-electron chi connectivity index (χ2n) is 4.61. The zero-order valence-corrected chi connectivity index (χ0v) is 10.4. The summed E-state index contributed by atoms with van der Waals surface area (Å²) in [6.45, 7) is 2.10. The maximum Gasteiger partial charge on any atom is 0.109 e. The molecular weight excluding hydrogens is 210 g/mol. The van der Waals surface area contributed by atoms with Gasteiger partial charge in [0.2, 0.25) is 0 Å². The Morgan fingerprint density at radius 3 is 2.82 bits per heavy atom. The van der Waals surface area contributed by atoms with Crippen LogP contribution < -0.4 is 5.73 Å². The van der Waals surface area contributed by atoms with E-state index < -0.39 is 0 Å². The number of benzene rings is 1. The van der Waals surface area contributed by atoms with Gasteiger partial charge in [-0.25, -0.2) is 4.98 Å². The third-order valence-corrected chi connectivity index (χ3v) is 2.95. The van der Waals surface area contributed by atoms with Gasteiger partial charge in [-0.2, -0.15) is 0 Å². The van der Waals surface area contributed by atoms with Crippen LogP contribution in [0.15, 0.2) is 36.7 Å². The van der Waals surface area contributed by atoms with Crippen molar-refractivity contribution in [1.82, 2.24) is 9.55 Å². The average Bonchev–Trinajstić information content (AvgIpc) is 2.64. The fourth-order valence-corrected chi connectivity index (χ4v) is 2.04. The molecule has 0 radical (unpaired) electrons. The van der Waals surface area contributed by atoms with Crippen molar-refractivity contribution >= 4 is 0 Å². The van der Waals surface area contributed by atoms with E-state index in [1.54, 1.807) is 0 Å². The molecule has 90 valence electrons.